The summed E-state index contributed by atoms with van der Waals surface area (Å²) in [5, 5.41) is 6.94. The number of hydrogen-bond acceptors (Lipinski definition) is 3. The Labute approximate surface area is 170 Å². The van der Waals surface area contributed by atoms with Crippen LogP contribution >= 0.6 is 0 Å². The Balaban J connectivity index is 1.96. The molecule has 0 bridgehead atoms. The Morgan fingerprint density at radius 3 is 2.36 bits per heavy atom. The van der Waals surface area contributed by atoms with Crippen LogP contribution in [0.5, 0.6) is 0 Å². The Hall–Kier alpha value is -2.08. The van der Waals surface area contributed by atoms with Gasteiger partial charge in [0.25, 0.3) is 0 Å². The maximum atomic E-state index is 12.0. The maximum Gasteiger partial charge on any atom is 0.243 e. The van der Waals surface area contributed by atoms with E-state index in [0.29, 0.717) is 0 Å². The van der Waals surface area contributed by atoms with Gasteiger partial charge in [-0.3, -0.25) is 4.79 Å². The zero-order valence-electron chi connectivity index (χ0n) is 18.0. The second-order valence-electron chi connectivity index (χ2n) is 8.41. The number of nitrogens with zero attached hydrogens (tertiary/aromatic N) is 3. The molecule has 1 amide bonds. The Morgan fingerprint density at radius 2 is 1.75 bits per heavy atom. The van der Waals surface area contributed by atoms with Crippen LogP contribution in [0.15, 0.2) is 35.3 Å². The minimum atomic E-state index is 0.00744. The van der Waals surface area contributed by atoms with Gasteiger partial charge in [0, 0.05) is 39.1 Å². The molecule has 0 aliphatic heterocycles. The molecule has 1 aliphatic carbocycles. The SMILES string of the molecule is CN(C)CC1(CNC(=NCC(=O)N(C)C)NCCc2ccccc2)CCCC1. The van der Waals surface area contributed by atoms with E-state index in [4.69, 9.17) is 0 Å². The van der Waals surface area contributed by atoms with Crippen LogP contribution in [-0.4, -0.2) is 76.0 Å². The summed E-state index contributed by atoms with van der Waals surface area (Å²) in [5.41, 5.74) is 1.58. The molecule has 1 fully saturated rings. The highest BCUT2D eigenvalue weighted by Crippen LogP contribution is 2.37. The third-order valence-electron chi connectivity index (χ3n) is 5.37. The molecule has 0 atom stereocenters. The lowest BCUT2D eigenvalue weighted by molar-refractivity contribution is -0.127. The molecule has 156 valence electrons. The summed E-state index contributed by atoms with van der Waals surface area (Å²) in [6.07, 6.45) is 6.00. The molecule has 0 saturated heterocycles. The summed E-state index contributed by atoms with van der Waals surface area (Å²) in [5.74, 6) is 0.740. The van der Waals surface area contributed by atoms with Crippen LogP contribution in [0.25, 0.3) is 0 Å². The van der Waals surface area contributed by atoms with Gasteiger partial charge in [0.2, 0.25) is 5.91 Å². The van der Waals surface area contributed by atoms with E-state index in [1.54, 1.807) is 19.0 Å². The van der Waals surface area contributed by atoms with Gasteiger partial charge in [-0.15, -0.1) is 0 Å². The number of carbonyl (C=O) groups is 1. The number of guanidine groups is 1. The van der Waals surface area contributed by atoms with Crippen molar-refractivity contribution in [1.29, 1.82) is 0 Å². The predicted octanol–water partition coefficient (Wildman–Crippen LogP) is 1.97. The van der Waals surface area contributed by atoms with Gasteiger partial charge in [0.1, 0.15) is 6.54 Å². The van der Waals surface area contributed by atoms with Crippen molar-refractivity contribution in [1.82, 2.24) is 20.4 Å². The van der Waals surface area contributed by atoms with Crippen molar-refractivity contribution < 1.29 is 4.79 Å². The first-order valence-corrected chi connectivity index (χ1v) is 10.3. The van der Waals surface area contributed by atoms with Crippen molar-refractivity contribution in [3.63, 3.8) is 0 Å². The molecule has 6 heteroatoms. The molecule has 6 nitrogen and oxygen atoms in total. The fourth-order valence-corrected chi connectivity index (χ4v) is 3.89. The molecular formula is C22H37N5O. The van der Waals surface area contributed by atoms with Gasteiger partial charge in [-0.2, -0.15) is 0 Å². The van der Waals surface area contributed by atoms with Crippen molar-refractivity contribution >= 4 is 11.9 Å². The standard InChI is InChI=1S/C22H37N5O/c1-26(2)18-22(13-8-9-14-22)17-25-21(24-16-20(28)27(3)4)23-15-12-19-10-6-5-7-11-19/h5-7,10-11H,8-9,12-18H2,1-4H3,(H2,23,24,25). The first-order valence-electron chi connectivity index (χ1n) is 10.3. The molecule has 0 radical (unpaired) electrons. The van der Waals surface area contributed by atoms with Crippen LogP contribution in [0, 0.1) is 5.41 Å². The normalized spacial score (nSPS) is 16.2. The lowest BCUT2D eigenvalue weighted by Crippen LogP contribution is -2.47. The highest BCUT2D eigenvalue weighted by Gasteiger charge is 2.34. The molecule has 0 heterocycles. The first kappa shape index (κ1) is 22.2. The Kier molecular flexibility index (Phi) is 8.77. The highest BCUT2D eigenvalue weighted by molar-refractivity contribution is 5.84. The number of benzene rings is 1. The lowest BCUT2D eigenvalue weighted by Gasteiger charge is -2.33. The van der Waals surface area contributed by atoms with Crippen LogP contribution < -0.4 is 10.6 Å². The van der Waals surface area contributed by atoms with Crippen molar-refractivity contribution in [2.45, 2.75) is 32.1 Å². The molecule has 1 aromatic rings. The summed E-state index contributed by atoms with van der Waals surface area (Å²) < 4.78 is 0. The number of aliphatic imine (C=N–C) groups is 1. The van der Waals surface area contributed by atoms with Gasteiger partial charge in [-0.1, -0.05) is 43.2 Å². The molecule has 0 spiro atoms. The van der Waals surface area contributed by atoms with Crippen molar-refractivity contribution in [3.05, 3.63) is 35.9 Å². The fraction of sp³-hybridized carbons (Fsp3) is 0.636. The van der Waals surface area contributed by atoms with Gasteiger partial charge < -0.3 is 20.4 Å². The van der Waals surface area contributed by atoms with Crippen LogP contribution in [0.1, 0.15) is 31.2 Å². The number of hydrogen-bond donors (Lipinski definition) is 2. The minimum Gasteiger partial charge on any atom is -0.356 e. The third kappa shape index (κ3) is 7.50. The van der Waals surface area contributed by atoms with Gasteiger partial charge in [-0.05, 0) is 38.9 Å². The Morgan fingerprint density at radius 1 is 1.07 bits per heavy atom. The van der Waals surface area contributed by atoms with E-state index >= 15 is 0 Å². The largest absolute Gasteiger partial charge is 0.356 e. The fourth-order valence-electron chi connectivity index (χ4n) is 3.89. The summed E-state index contributed by atoms with van der Waals surface area (Å²) in [4.78, 5) is 20.4. The van der Waals surface area contributed by atoms with Gasteiger partial charge >= 0.3 is 0 Å². The molecule has 1 aliphatic rings. The zero-order chi connectivity index (χ0) is 20.4. The number of nitrogens with one attached hydrogen (secondary N) is 2. The summed E-state index contributed by atoms with van der Waals surface area (Å²) >= 11 is 0. The monoisotopic (exact) mass is 387 g/mol. The van der Waals surface area contributed by atoms with Gasteiger partial charge in [-0.25, -0.2) is 4.99 Å². The number of rotatable bonds is 9. The molecule has 0 unspecified atom stereocenters. The number of amides is 1. The topological polar surface area (TPSA) is 60.0 Å². The van der Waals surface area contributed by atoms with E-state index in [2.05, 4.69) is 58.9 Å². The molecule has 0 aromatic heterocycles. The van der Waals surface area contributed by atoms with Crippen molar-refractivity contribution in [3.8, 4) is 0 Å². The van der Waals surface area contributed by atoms with Crippen LogP contribution in [0.3, 0.4) is 0 Å². The molecule has 1 saturated carbocycles. The predicted molar refractivity (Wildman–Crippen MR) is 117 cm³/mol. The van der Waals surface area contributed by atoms with E-state index < -0.39 is 0 Å². The van der Waals surface area contributed by atoms with E-state index in [9.17, 15) is 4.79 Å². The lowest BCUT2D eigenvalue weighted by atomic mass is 9.85. The second kappa shape index (κ2) is 11.1. The van der Waals surface area contributed by atoms with Crippen molar-refractivity contribution in [2.75, 3.05) is 54.4 Å². The van der Waals surface area contributed by atoms with Crippen LogP contribution in [0.2, 0.25) is 0 Å². The number of carbonyl (C=O) groups excluding carboxylic acids is 1. The third-order valence-corrected chi connectivity index (χ3v) is 5.37. The average molecular weight is 388 g/mol. The van der Waals surface area contributed by atoms with E-state index in [1.165, 1.54) is 31.2 Å². The van der Waals surface area contributed by atoms with Crippen LogP contribution in [0.4, 0.5) is 0 Å². The molecule has 2 rings (SSSR count). The summed E-state index contributed by atoms with van der Waals surface area (Å²) in [6.45, 7) is 2.91. The van der Waals surface area contributed by atoms with Gasteiger partial charge in [0.05, 0.1) is 0 Å². The maximum absolute atomic E-state index is 12.0. The van der Waals surface area contributed by atoms with E-state index in [-0.39, 0.29) is 17.9 Å². The van der Waals surface area contributed by atoms with Gasteiger partial charge in [0.15, 0.2) is 5.96 Å². The second-order valence-corrected chi connectivity index (χ2v) is 8.41. The van der Waals surface area contributed by atoms with Crippen LogP contribution in [-0.2, 0) is 11.2 Å². The summed E-state index contributed by atoms with van der Waals surface area (Å²) in [7, 11) is 7.81. The molecule has 1 aromatic carbocycles. The minimum absolute atomic E-state index is 0.00744. The zero-order valence-corrected chi connectivity index (χ0v) is 18.0. The molecule has 2 N–H and O–H groups in total. The average Bonchev–Trinajstić information content (AvgIpc) is 3.11. The summed E-state index contributed by atoms with van der Waals surface area (Å²) in [6, 6.07) is 10.4. The van der Waals surface area contributed by atoms with E-state index in [1.807, 2.05) is 6.07 Å². The van der Waals surface area contributed by atoms with E-state index in [0.717, 1.165) is 32.0 Å². The highest BCUT2D eigenvalue weighted by atomic mass is 16.2. The Bertz CT molecular complexity index is 621. The quantitative estimate of drug-likeness (QED) is 0.502. The number of likely N-dealkylation sites (N-methyl/N-ethyl adjacent to an activating group) is 1. The molecule has 28 heavy (non-hydrogen) atoms. The van der Waals surface area contributed by atoms with Crippen molar-refractivity contribution in [2.24, 2.45) is 10.4 Å². The molecular weight excluding hydrogens is 350 g/mol. The first-order chi connectivity index (χ1) is 13.4. The smallest absolute Gasteiger partial charge is 0.243 e.